The van der Waals surface area contributed by atoms with Gasteiger partial charge in [-0.05, 0) is 63.5 Å². The van der Waals surface area contributed by atoms with Crippen molar-refractivity contribution in [3.8, 4) is 17.3 Å². The Morgan fingerprint density at radius 2 is 1.81 bits per heavy atom. The van der Waals surface area contributed by atoms with Gasteiger partial charge in [-0.2, -0.15) is 18.4 Å². The molecule has 172 valence electrons. The molecule has 32 heavy (non-hydrogen) atoms. The van der Waals surface area contributed by atoms with Gasteiger partial charge in [-0.1, -0.05) is 12.1 Å². The Morgan fingerprint density at radius 1 is 1.19 bits per heavy atom. The van der Waals surface area contributed by atoms with Gasteiger partial charge in [0.25, 0.3) is 0 Å². The van der Waals surface area contributed by atoms with Crippen LogP contribution < -0.4 is 5.73 Å². The summed E-state index contributed by atoms with van der Waals surface area (Å²) in [6.07, 6.45) is -3.56. The Kier molecular flexibility index (Phi) is 9.74. The molecular formula is C21H24F3N5O3. The maximum absolute atomic E-state index is 10.9. The van der Waals surface area contributed by atoms with E-state index in [4.69, 9.17) is 15.6 Å². The molecule has 0 spiro atoms. The van der Waals surface area contributed by atoms with Crippen molar-refractivity contribution in [2.75, 3.05) is 20.1 Å². The molecule has 0 saturated heterocycles. The van der Waals surface area contributed by atoms with Crippen molar-refractivity contribution in [3.05, 3.63) is 46.9 Å². The average molecular weight is 451 g/mol. The number of carboxylic acid groups (broad SMARTS) is 1. The number of primary amides is 1. The zero-order chi connectivity index (χ0) is 24.5. The van der Waals surface area contributed by atoms with E-state index in [0.717, 1.165) is 29.9 Å². The number of hydrogen-bond acceptors (Lipinski definition) is 6. The number of carbonyl (C=O) groups is 2. The number of aromatic nitrogens is 2. The van der Waals surface area contributed by atoms with Crippen molar-refractivity contribution < 1.29 is 27.9 Å². The summed E-state index contributed by atoms with van der Waals surface area (Å²) >= 11 is 0. The number of benzene rings is 1. The highest BCUT2D eigenvalue weighted by molar-refractivity contribution is 5.75. The summed E-state index contributed by atoms with van der Waals surface area (Å²) in [5.41, 5.74) is 10.2. The molecule has 2 rings (SSSR count). The van der Waals surface area contributed by atoms with Gasteiger partial charge in [0.2, 0.25) is 11.7 Å². The molecule has 1 aromatic carbocycles. The van der Waals surface area contributed by atoms with Gasteiger partial charge in [0.15, 0.2) is 0 Å². The molecule has 0 radical (unpaired) electrons. The third-order valence-electron chi connectivity index (χ3n) is 4.32. The number of rotatable bonds is 7. The molecule has 0 unspecified atom stereocenters. The number of likely N-dealkylation sites (N-methyl/N-ethyl adjacent to an activating group) is 1. The van der Waals surface area contributed by atoms with Crippen LogP contribution in [-0.4, -0.2) is 58.2 Å². The summed E-state index contributed by atoms with van der Waals surface area (Å²) in [5, 5.41) is 16.3. The fraction of sp³-hybridized carbons (Fsp3) is 0.381. The lowest BCUT2D eigenvalue weighted by molar-refractivity contribution is -0.192. The summed E-state index contributed by atoms with van der Waals surface area (Å²) in [6.45, 7) is 5.09. The van der Waals surface area contributed by atoms with E-state index in [9.17, 15) is 23.2 Å². The Morgan fingerprint density at radius 3 is 2.31 bits per heavy atom. The molecule has 0 atom stereocenters. The van der Waals surface area contributed by atoms with Crippen LogP contribution in [0.2, 0.25) is 0 Å². The molecule has 1 amide bonds. The van der Waals surface area contributed by atoms with Gasteiger partial charge < -0.3 is 10.8 Å². The number of amides is 1. The second-order valence-electron chi connectivity index (χ2n) is 7.09. The van der Waals surface area contributed by atoms with Crippen molar-refractivity contribution in [1.82, 2.24) is 14.9 Å². The molecule has 1 heterocycles. The first-order chi connectivity index (χ1) is 14.8. The lowest BCUT2D eigenvalue weighted by Crippen LogP contribution is -2.31. The highest BCUT2D eigenvalue weighted by Crippen LogP contribution is 2.21. The molecule has 0 fully saturated rings. The van der Waals surface area contributed by atoms with Crippen LogP contribution in [0.3, 0.4) is 0 Å². The van der Waals surface area contributed by atoms with Crippen LogP contribution in [0.5, 0.6) is 0 Å². The average Bonchev–Trinajstić information content (AvgIpc) is 2.69. The minimum atomic E-state index is -5.08. The summed E-state index contributed by atoms with van der Waals surface area (Å²) in [5.74, 6) is -2.92. The summed E-state index contributed by atoms with van der Waals surface area (Å²) in [4.78, 5) is 30.3. The SMILES string of the molecule is Cc1ccc(-c2cc(CCCN(C)CC(N)=O)nc(C#N)n2)cc1C.O=C(O)C(F)(F)F. The molecule has 11 heteroatoms. The van der Waals surface area contributed by atoms with Gasteiger partial charge >= 0.3 is 12.1 Å². The first-order valence-corrected chi connectivity index (χ1v) is 9.46. The summed E-state index contributed by atoms with van der Waals surface area (Å²) in [6, 6.07) is 10.1. The largest absolute Gasteiger partial charge is 0.490 e. The minimum absolute atomic E-state index is 0.177. The van der Waals surface area contributed by atoms with E-state index >= 15 is 0 Å². The van der Waals surface area contributed by atoms with E-state index < -0.39 is 12.1 Å². The highest BCUT2D eigenvalue weighted by Gasteiger charge is 2.38. The van der Waals surface area contributed by atoms with E-state index in [1.165, 1.54) is 11.1 Å². The van der Waals surface area contributed by atoms with Crippen molar-refractivity contribution in [3.63, 3.8) is 0 Å². The minimum Gasteiger partial charge on any atom is -0.475 e. The van der Waals surface area contributed by atoms with Crippen LogP contribution in [0.1, 0.15) is 29.1 Å². The van der Waals surface area contributed by atoms with Crippen LogP contribution in [0.15, 0.2) is 24.3 Å². The number of halogens is 3. The maximum atomic E-state index is 10.9. The lowest BCUT2D eigenvalue weighted by Gasteiger charge is -2.14. The second kappa shape index (κ2) is 11.8. The number of hydrogen-bond donors (Lipinski definition) is 2. The molecule has 0 saturated carbocycles. The molecule has 0 bridgehead atoms. The summed E-state index contributed by atoms with van der Waals surface area (Å²) in [7, 11) is 1.85. The number of nitrogens with zero attached hydrogens (tertiary/aromatic N) is 4. The highest BCUT2D eigenvalue weighted by atomic mass is 19.4. The first kappa shape index (κ1) is 26.5. The van der Waals surface area contributed by atoms with E-state index in [1.54, 1.807) is 0 Å². The van der Waals surface area contributed by atoms with E-state index in [-0.39, 0.29) is 18.3 Å². The Bertz CT molecular complexity index is 1000. The van der Waals surface area contributed by atoms with Gasteiger partial charge in [-0.3, -0.25) is 9.69 Å². The topological polar surface area (TPSA) is 133 Å². The number of aryl methyl sites for hydroxylation is 3. The zero-order valence-corrected chi connectivity index (χ0v) is 17.9. The number of carboxylic acids is 1. The molecule has 0 aliphatic carbocycles. The van der Waals surface area contributed by atoms with Gasteiger partial charge in [-0.25, -0.2) is 14.8 Å². The molecule has 0 aliphatic heterocycles. The Hall–Kier alpha value is -3.52. The molecule has 3 N–H and O–H groups in total. The maximum Gasteiger partial charge on any atom is 0.490 e. The third kappa shape index (κ3) is 9.09. The number of alkyl halides is 3. The van der Waals surface area contributed by atoms with E-state index in [1.807, 2.05) is 30.1 Å². The number of carbonyl (C=O) groups excluding carboxylic acids is 1. The smallest absolute Gasteiger partial charge is 0.475 e. The normalized spacial score (nSPS) is 10.8. The first-order valence-electron chi connectivity index (χ1n) is 9.46. The van der Waals surface area contributed by atoms with Crippen molar-refractivity contribution in [2.45, 2.75) is 32.9 Å². The van der Waals surface area contributed by atoms with Crippen LogP contribution in [0.25, 0.3) is 11.3 Å². The van der Waals surface area contributed by atoms with Crippen molar-refractivity contribution in [2.24, 2.45) is 5.73 Å². The van der Waals surface area contributed by atoms with Crippen molar-refractivity contribution in [1.29, 1.82) is 5.26 Å². The monoisotopic (exact) mass is 451 g/mol. The van der Waals surface area contributed by atoms with Gasteiger partial charge in [-0.15, -0.1) is 0 Å². The number of nitrogens with two attached hydrogens (primary N) is 1. The second-order valence-corrected chi connectivity index (χ2v) is 7.09. The molecule has 2 aromatic rings. The Balaban J connectivity index is 0.000000633. The predicted molar refractivity (Wildman–Crippen MR) is 110 cm³/mol. The van der Waals surface area contributed by atoms with E-state index in [0.29, 0.717) is 6.42 Å². The molecule has 8 nitrogen and oxygen atoms in total. The van der Waals surface area contributed by atoms with Crippen LogP contribution in [0, 0.1) is 25.2 Å². The zero-order valence-electron chi connectivity index (χ0n) is 17.9. The van der Waals surface area contributed by atoms with Crippen LogP contribution >= 0.6 is 0 Å². The van der Waals surface area contributed by atoms with Crippen molar-refractivity contribution >= 4 is 11.9 Å². The van der Waals surface area contributed by atoms with Gasteiger partial charge in [0.05, 0.1) is 12.2 Å². The third-order valence-corrected chi connectivity index (χ3v) is 4.32. The fourth-order valence-electron chi connectivity index (χ4n) is 2.60. The number of aliphatic carboxylic acids is 1. The standard InChI is InChI=1S/C19H23N5O.C2HF3O2/c1-13-6-7-15(9-14(13)2)17-10-16(22-19(11-20)23-17)5-4-8-24(3)12-18(21)25;3-2(4,5)1(6)7/h6-7,9-10H,4-5,8,12H2,1-3H3,(H2,21,25);(H,6,7). The molecule has 1 aromatic heterocycles. The predicted octanol–water partition coefficient (Wildman–Crippen LogP) is 2.62. The van der Waals surface area contributed by atoms with E-state index in [2.05, 4.69) is 35.9 Å². The van der Waals surface area contributed by atoms with Crippen LogP contribution in [-0.2, 0) is 16.0 Å². The quantitative estimate of drug-likeness (QED) is 0.661. The molecule has 0 aliphatic rings. The van der Waals surface area contributed by atoms with Gasteiger partial charge in [0.1, 0.15) is 6.07 Å². The Labute approximate surface area is 183 Å². The van der Waals surface area contributed by atoms with Gasteiger partial charge in [0, 0.05) is 11.3 Å². The lowest BCUT2D eigenvalue weighted by atomic mass is 10.0. The van der Waals surface area contributed by atoms with Crippen LogP contribution in [0.4, 0.5) is 13.2 Å². The molecular weight excluding hydrogens is 427 g/mol. The fourth-order valence-corrected chi connectivity index (χ4v) is 2.60. The summed E-state index contributed by atoms with van der Waals surface area (Å²) < 4.78 is 31.7. The number of nitriles is 1.